The molecular weight excluding hydrogens is 550 g/mol. The van der Waals surface area contributed by atoms with Gasteiger partial charge in [0.05, 0.1) is 17.6 Å². The quantitative estimate of drug-likeness (QED) is 0.237. The molecule has 2 amide bonds. The van der Waals surface area contributed by atoms with Crippen molar-refractivity contribution in [3.05, 3.63) is 72.0 Å². The summed E-state index contributed by atoms with van der Waals surface area (Å²) in [5.41, 5.74) is -0.416. The van der Waals surface area contributed by atoms with E-state index in [0.29, 0.717) is 41.4 Å². The van der Waals surface area contributed by atoms with Crippen molar-refractivity contribution in [2.45, 2.75) is 45.6 Å². The number of carbonyl (C=O) groups is 3. The topological polar surface area (TPSA) is 132 Å². The number of oxazole rings is 1. The van der Waals surface area contributed by atoms with E-state index in [1.807, 2.05) is 0 Å². The van der Waals surface area contributed by atoms with E-state index in [9.17, 15) is 23.2 Å². The molecule has 11 nitrogen and oxygen atoms in total. The number of aldehydes is 1. The third-order valence-electron chi connectivity index (χ3n) is 6.25. The van der Waals surface area contributed by atoms with Crippen LogP contribution in [-0.2, 0) is 4.74 Å². The van der Waals surface area contributed by atoms with Crippen molar-refractivity contribution >= 4 is 29.8 Å². The van der Waals surface area contributed by atoms with Gasteiger partial charge in [-0.15, -0.1) is 0 Å². The maximum absolute atomic E-state index is 13.7. The van der Waals surface area contributed by atoms with Gasteiger partial charge in [-0.25, -0.2) is 28.2 Å². The van der Waals surface area contributed by atoms with E-state index in [4.69, 9.17) is 9.15 Å². The van der Waals surface area contributed by atoms with Gasteiger partial charge in [-0.3, -0.25) is 14.5 Å². The number of pyridine rings is 1. The van der Waals surface area contributed by atoms with Crippen molar-refractivity contribution in [1.29, 1.82) is 0 Å². The van der Waals surface area contributed by atoms with Crippen molar-refractivity contribution < 1.29 is 32.3 Å². The van der Waals surface area contributed by atoms with Crippen molar-refractivity contribution in [2.24, 2.45) is 5.92 Å². The van der Waals surface area contributed by atoms with Crippen LogP contribution in [0.15, 0.2) is 59.5 Å². The number of alkyl halides is 2. The van der Waals surface area contributed by atoms with Gasteiger partial charge in [0, 0.05) is 23.9 Å². The van der Waals surface area contributed by atoms with E-state index in [2.05, 4.69) is 20.4 Å². The van der Waals surface area contributed by atoms with E-state index in [1.165, 1.54) is 34.1 Å². The number of aromatic nitrogens is 4. The van der Waals surface area contributed by atoms with Gasteiger partial charge in [0.25, 0.3) is 12.3 Å². The average Bonchev–Trinajstić information content (AvgIpc) is 3.45. The minimum absolute atomic E-state index is 0.0689. The zero-order valence-corrected chi connectivity index (χ0v) is 23.1. The van der Waals surface area contributed by atoms with Crippen LogP contribution in [0.25, 0.3) is 17.1 Å². The highest BCUT2D eigenvalue weighted by molar-refractivity contribution is 6.03. The van der Waals surface area contributed by atoms with Gasteiger partial charge in [-0.2, -0.15) is 5.10 Å². The molecule has 0 saturated heterocycles. The smallest absolute Gasteiger partial charge is 0.416 e. The van der Waals surface area contributed by atoms with Gasteiger partial charge < -0.3 is 14.5 Å². The lowest BCUT2D eigenvalue weighted by Gasteiger charge is -2.27. The van der Waals surface area contributed by atoms with E-state index >= 15 is 0 Å². The predicted octanol–water partition coefficient (Wildman–Crippen LogP) is 6.08. The Hall–Kier alpha value is -4.94. The molecule has 42 heavy (non-hydrogen) atoms. The van der Waals surface area contributed by atoms with Gasteiger partial charge >= 0.3 is 6.09 Å². The van der Waals surface area contributed by atoms with Gasteiger partial charge in [0.15, 0.2) is 11.4 Å². The van der Waals surface area contributed by atoms with Crippen molar-refractivity contribution in [3.8, 4) is 17.1 Å². The molecule has 1 fully saturated rings. The van der Waals surface area contributed by atoms with Crippen molar-refractivity contribution in [2.75, 3.05) is 16.8 Å². The summed E-state index contributed by atoms with van der Waals surface area (Å²) in [6.45, 7) is 5.80. The fraction of sp³-hybridized carbons (Fsp3) is 0.310. The fourth-order valence-corrected chi connectivity index (χ4v) is 4.02. The standard InChI is InChI=1S/C29H28F2N6O5/c1-29(2,3)42-28(40)36(13-17-4-5-17)23-12-19(10-11-32-23)27-34-22(16-41-27)26(39)33-21-14-37(35-24(21)25(30)31)20-8-6-18(15-38)7-9-20/h6-12,14-17,25H,4-5,13H2,1-3H3,(H,33,39). The molecule has 0 spiro atoms. The number of ether oxygens (including phenoxy) is 1. The van der Waals surface area contributed by atoms with Crippen molar-refractivity contribution in [1.82, 2.24) is 19.7 Å². The Kier molecular flexibility index (Phi) is 7.83. The number of nitrogens with zero attached hydrogens (tertiary/aromatic N) is 5. The number of carbonyl (C=O) groups excluding carboxylic acids is 3. The molecule has 0 radical (unpaired) electrons. The highest BCUT2D eigenvalue weighted by atomic mass is 19.3. The van der Waals surface area contributed by atoms with E-state index < -0.39 is 29.7 Å². The number of anilines is 2. The SMILES string of the molecule is CC(C)(C)OC(=O)N(CC1CC1)c1cc(-c2nc(C(=O)Nc3cn(-c4ccc(C=O)cc4)nc3C(F)F)co2)ccn1. The van der Waals surface area contributed by atoms with Crippen LogP contribution in [0.1, 0.15) is 66.6 Å². The molecular formula is C29H28F2N6O5. The summed E-state index contributed by atoms with van der Waals surface area (Å²) in [5.74, 6) is -0.0215. The molecule has 1 aromatic carbocycles. The number of rotatable bonds is 9. The summed E-state index contributed by atoms with van der Waals surface area (Å²) in [6.07, 6.45) is 3.02. The van der Waals surface area contributed by atoms with Crippen molar-refractivity contribution in [3.63, 3.8) is 0 Å². The van der Waals surface area contributed by atoms with Crippen LogP contribution < -0.4 is 10.2 Å². The lowest BCUT2D eigenvalue weighted by molar-refractivity contribution is 0.0577. The number of benzene rings is 1. The Labute approximate surface area is 239 Å². The number of nitrogens with one attached hydrogen (secondary N) is 1. The predicted molar refractivity (Wildman–Crippen MR) is 148 cm³/mol. The number of halogens is 2. The normalized spacial score (nSPS) is 13.2. The number of hydrogen-bond donors (Lipinski definition) is 1. The zero-order valence-electron chi connectivity index (χ0n) is 23.1. The Morgan fingerprint density at radius 3 is 2.60 bits per heavy atom. The number of amides is 2. The van der Waals surface area contributed by atoms with Crippen LogP contribution in [0.4, 0.5) is 25.1 Å². The second kappa shape index (κ2) is 11.5. The summed E-state index contributed by atoms with van der Waals surface area (Å²) in [7, 11) is 0. The van der Waals surface area contributed by atoms with Gasteiger partial charge in [0.1, 0.15) is 24.0 Å². The fourth-order valence-electron chi connectivity index (χ4n) is 4.02. The molecule has 3 aromatic heterocycles. The summed E-state index contributed by atoms with van der Waals surface area (Å²) in [4.78, 5) is 46.8. The molecule has 4 aromatic rings. The second-order valence-corrected chi connectivity index (χ2v) is 10.8. The molecule has 1 aliphatic rings. The summed E-state index contributed by atoms with van der Waals surface area (Å²) in [5, 5.41) is 6.31. The van der Waals surface area contributed by atoms with Crippen LogP contribution in [0.3, 0.4) is 0 Å². The number of hydrogen-bond acceptors (Lipinski definition) is 8. The second-order valence-electron chi connectivity index (χ2n) is 10.8. The van der Waals surface area contributed by atoms with E-state index in [-0.39, 0.29) is 17.3 Å². The molecule has 1 saturated carbocycles. The van der Waals surface area contributed by atoms with Crippen LogP contribution in [0, 0.1) is 5.92 Å². The molecule has 0 atom stereocenters. The molecule has 0 aliphatic heterocycles. The summed E-state index contributed by atoms with van der Waals surface area (Å²) in [6, 6.07) is 9.33. The lowest BCUT2D eigenvalue weighted by atomic mass is 10.2. The molecule has 5 rings (SSSR count). The minimum atomic E-state index is -2.97. The first-order chi connectivity index (χ1) is 20.0. The molecule has 13 heteroatoms. The maximum Gasteiger partial charge on any atom is 0.416 e. The van der Waals surface area contributed by atoms with Crippen LogP contribution in [0.2, 0.25) is 0 Å². The molecule has 0 unspecified atom stereocenters. The Morgan fingerprint density at radius 1 is 1.21 bits per heavy atom. The highest BCUT2D eigenvalue weighted by Gasteiger charge is 2.31. The van der Waals surface area contributed by atoms with Gasteiger partial charge in [0.2, 0.25) is 5.89 Å². The van der Waals surface area contributed by atoms with Crippen LogP contribution >= 0.6 is 0 Å². The van der Waals surface area contributed by atoms with E-state index in [1.54, 1.807) is 45.0 Å². The first-order valence-electron chi connectivity index (χ1n) is 13.2. The molecule has 218 valence electrons. The lowest BCUT2D eigenvalue weighted by Crippen LogP contribution is -2.38. The Balaban J connectivity index is 1.35. The molecule has 1 aliphatic carbocycles. The third-order valence-corrected chi connectivity index (χ3v) is 6.25. The van der Waals surface area contributed by atoms with Crippen LogP contribution in [-0.4, -0.2) is 50.2 Å². The van der Waals surface area contributed by atoms with E-state index in [0.717, 1.165) is 19.1 Å². The largest absolute Gasteiger partial charge is 0.444 e. The first-order valence-corrected chi connectivity index (χ1v) is 13.2. The van der Waals surface area contributed by atoms with Gasteiger partial charge in [-0.1, -0.05) is 0 Å². The molecule has 0 bridgehead atoms. The highest BCUT2D eigenvalue weighted by Crippen LogP contribution is 2.33. The monoisotopic (exact) mass is 578 g/mol. The summed E-state index contributed by atoms with van der Waals surface area (Å²) >= 11 is 0. The molecule has 1 N–H and O–H groups in total. The average molecular weight is 579 g/mol. The minimum Gasteiger partial charge on any atom is -0.444 e. The zero-order chi connectivity index (χ0) is 30.0. The summed E-state index contributed by atoms with van der Waals surface area (Å²) < 4.78 is 39.7. The first kappa shape index (κ1) is 28.6. The molecule has 3 heterocycles. The Morgan fingerprint density at radius 2 is 1.95 bits per heavy atom. The third kappa shape index (κ3) is 6.67. The van der Waals surface area contributed by atoms with Crippen LogP contribution in [0.5, 0.6) is 0 Å². The maximum atomic E-state index is 13.7. The Bertz CT molecular complexity index is 1610. The van der Waals surface area contributed by atoms with Gasteiger partial charge in [-0.05, 0) is 75.9 Å².